The lowest BCUT2D eigenvalue weighted by Gasteiger charge is -2.23. The van der Waals surface area contributed by atoms with Crippen molar-refractivity contribution in [2.24, 2.45) is 0 Å². The predicted molar refractivity (Wildman–Crippen MR) is 98.7 cm³/mol. The first kappa shape index (κ1) is 22.3. The smallest absolute Gasteiger partial charge is 0.338 e. The van der Waals surface area contributed by atoms with E-state index in [0.29, 0.717) is 30.6 Å². The van der Waals surface area contributed by atoms with Crippen LogP contribution in [0.5, 0.6) is 0 Å². The Labute approximate surface area is 172 Å². The molecule has 0 radical (unpaired) electrons. The average molecular weight is 467 g/mol. The number of Topliss-reactive ketones (excluding diaryl/α,β-unsaturated/α-hetero) is 1. The molecule has 0 saturated carbocycles. The molecule has 4 nitrogen and oxygen atoms in total. The second-order valence-electron chi connectivity index (χ2n) is 7.10. The van der Waals surface area contributed by atoms with Gasteiger partial charge in [-0.05, 0) is 18.1 Å². The molecule has 0 aromatic heterocycles. The van der Waals surface area contributed by atoms with E-state index in [1.54, 1.807) is 6.07 Å². The number of quaternary nitrogens is 1. The number of hydrogen-bond donors (Lipinski definition) is 0. The fourth-order valence-electron chi connectivity index (χ4n) is 2.44. The lowest BCUT2D eigenvalue weighted by molar-refractivity contribution is -0.870. The molecule has 0 spiro atoms. The molecule has 2 aromatic rings. The maximum absolute atomic E-state index is 12.4. The average Bonchev–Trinajstić information content (AvgIpc) is 2.59. The molecule has 140 valence electrons. The first-order chi connectivity index (χ1) is 11.9. The van der Waals surface area contributed by atoms with Crippen LogP contribution in [-0.4, -0.2) is 50.5 Å². The van der Waals surface area contributed by atoms with Gasteiger partial charge in [-0.15, -0.1) is 0 Å². The number of aryl methyl sites for hydroxylation is 1. The number of halogens is 1. The molecular formula is C21H26INO3. The monoisotopic (exact) mass is 467 g/mol. The first-order valence-corrected chi connectivity index (χ1v) is 8.50. The second kappa shape index (κ2) is 10.4. The molecule has 0 heterocycles. The summed E-state index contributed by atoms with van der Waals surface area (Å²) in [5.74, 6) is -0.245. The van der Waals surface area contributed by atoms with Gasteiger partial charge in [0.25, 0.3) is 0 Å². The SMILES string of the molecule is C[N+](C)(C)CCOC(=O)c1ccccc1CCC(=O)c1ccccc1.[I-]. The molecule has 0 aliphatic heterocycles. The fraction of sp³-hybridized carbons (Fsp3) is 0.333. The Bertz CT molecular complexity index is 724. The number of benzene rings is 2. The van der Waals surface area contributed by atoms with Crippen molar-refractivity contribution in [1.29, 1.82) is 0 Å². The van der Waals surface area contributed by atoms with Gasteiger partial charge in [-0.2, -0.15) is 0 Å². The van der Waals surface area contributed by atoms with Crippen molar-refractivity contribution in [1.82, 2.24) is 0 Å². The van der Waals surface area contributed by atoms with Crippen LogP contribution in [0.1, 0.15) is 32.7 Å². The summed E-state index contributed by atoms with van der Waals surface area (Å²) in [6.45, 7) is 1.13. The predicted octanol–water partition coefficient (Wildman–Crippen LogP) is 0.369. The van der Waals surface area contributed by atoms with E-state index < -0.39 is 0 Å². The highest BCUT2D eigenvalue weighted by Crippen LogP contribution is 2.14. The summed E-state index contributed by atoms with van der Waals surface area (Å²) in [4.78, 5) is 24.6. The summed E-state index contributed by atoms with van der Waals surface area (Å²) in [6.07, 6.45) is 0.890. The number of ether oxygens (including phenoxy) is 1. The number of ketones is 1. The zero-order valence-electron chi connectivity index (χ0n) is 15.6. The van der Waals surface area contributed by atoms with Gasteiger partial charge in [0, 0.05) is 12.0 Å². The largest absolute Gasteiger partial charge is 1.00 e. The Morgan fingerprint density at radius 1 is 0.923 bits per heavy atom. The van der Waals surface area contributed by atoms with Crippen molar-refractivity contribution in [2.45, 2.75) is 12.8 Å². The zero-order valence-corrected chi connectivity index (χ0v) is 17.7. The summed E-state index contributed by atoms with van der Waals surface area (Å²) in [6, 6.07) is 16.6. The number of carbonyl (C=O) groups excluding carboxylic acids is 2. The van der Waals surface area contributed by atoms with E-state index in [1.165, 1.54) is 0 Å². The lowest BCUT2D eigenvalue weighted by Crippen LogP contribution is -3.00. The molecule has 26 heavy (non-hydrogen) atoms. The third-order valence-electron chi connectivity index (χ3n) is 3.95. The van der Waals surface area contributed by atoms with Crippen molar-refractivity contribution in [3.63, 3.8) is 0 Å². The Kier molecular flexibility index (Phi) is 8.95. The summed E-state index contributed by atoms with van der Waals surface area (Å²) in [5.41, 5.74) is 2.09. The Morgan fingerprint density at radius 3 is 2.19 bits per heavy atom. The number of hydrogen-bond acceptors (Lipinski definition) is 3. The minimum atomic E-state index is -0.323. The molecule has 2 aromatic carbocycles. The van der Waals surface area contributed by atoms with Crippen LogP contribution in [0.15, 0.2) is 54.6 Å². The Hall–Kier alpha value is -1.73. The van der Waals surface area contributed by atoms with Gasteiger partial charge in [-0.25, -0.2) is 4.79 Å². The highest BCUT2D eigenvalue weighted by Gasteiger charge is 2.15. The highest BCUT2D eigenvalue weighted by atomic mass is 127. The van der Waals surface area contributed by atoms with Crippen molar-refractivity contribution in [3.05, 3.63) is 71.3 Å². The van der Waals surface area contributed by atoms with Crippen LogP contribution >= 0.6 is 0 Å². The van der Waals surface area contributed by atoms with Gasteiger partial charge in [0.05, 0.1) is 26.7 Å². The molecule has 0 unspecified atom stereocenters. The molecule has 0 aliphatic rings. The van der Waals surface area contributed by atoms with Crippen LogP contribution in [0.2, 0.25) is 0 Å². The van der Waals surface area contributed by atoms with E-state index in [0.717, 1.165) is 16.6 Å². The molecular weight excluding hydrogens is 441 g/mol. The number of rotatable bonds is 8. The zero-order chi connectivity index (χ0) is 18.3. The molecule has 0 fully saturated rings. The molecule has 0 atom stereocenters. The van der Waals surface area contributed by atoms with Crippen LogP contribution in [0.4, 0.5) is 0 Å². The number of nitrogens with zero attached hydrogens (tertiary/aromatic N) is 1. The van der Waals surface area contributed by atoms with Gasteiger partial charge in [0.1, 0.15) is 13.2 Å². The van der Waals surface area contributed by atoms with E-state index in [4.69, 9.17) is 4.74 Å². The maximum atomic E-state index is 12.4. The Balaban J connectivity index is 0.00000338. The summed E-state index contributed by atoms with van der Waals surface area (Å²) in [7, 11) is 6.16. The van der Waals surface area contributed by atoms with Gasteiger partial charge >= 0.3 is 5.97 Å². The molecule has 0 saturated heterocycles. The lowest BCUT2D eigenvalue weighted by atomic mass is 9.99. The fourth-order valence-corrected chi connectivity index (χ4v) is 2.44. The van der Waals surface area contributed by atoms with Gasteiger partial charge in [0.15, 0.2) is 5.78 Å². The van der Waals surface area contributed by atoms with Crippen LogP contribution < -0.4 is 24.0 Å². The van der Waals surface area contributed by atoms with E-state index in [9.17, 15) is 9.59 Å². The van der Waals surface area contributed by atoms with E-state index in [1.807, 2.05) is 48.5 Å². The van der Waals surface area contributed by atoms with Gasteiger partial charge < -0.3 is 33.2 Å². The number of esters is 1. The van der Waals surface area contributed by atoms with E-state index in [-0.39, 0.29) is 35.7 Å². The van der Waals surface area contributed by atoms with Gasteiger partial charge in [-0.3, -0.25) is 4.79 Å². The van der Waals surface area contributed by atoms with Crippen molar-refractivity contribution in [2.75, 3.05) is 34.3 Å². The van der Waals surface area contributed by atoms with Crippen molar-refractivity contribution >= 4 is 11.8 Å². The van der Waals surface area contributed by atoms with Crippen LogP contribution in [0.3, 0.4) is 0 Å². The third kappa shape index (κ3) is 7.25. The first-order valence-electron chi connectivity index (χ1n) is 8.50. The normalized spacial score (nSPS) is 10.7. The number of carbonyl (C=O) groups is 2. The molecule has 0 amide bonds. The molecule has 0 bridgehead atoms. The minimum Gasteiger partial charge on any atom is -1.00 e. The molecule has 0 N–H and O–H groups in total. The number of likely N-dealkylation sites (N-methyl/N-ethyl adjacent to an activating group) is 1. The molecule has 0 aliphatic carbocycles. The minimum absolute atomic E-state index is 0. The summed E-state index contributed by atoms with van der Waals surface area (Å²) >= 11 is 0. The van der Waals surface area contributed by atoms with Gasteiger partial charge in [-0.1, -0.05) is 48.5 Å². The standard InChI is InChI=1S/C21H26NO3.HI/c1-22(2,3)15-16-25-21(24)19-12-8-7-9-17(19)13-14-20(23)18-10-5-4-6-11-18;/h4-12H,13-16H2,1-3H3;1H/q+1;/p-1. The van der Waals surface area contributed by atoms with E-state index >= 15 is 0 Å². The molecule has 5 heteroatoms. The van der Waals surface area contributed by atoms with Gasteiger partial charge in [0.2, 0.25) is 0 Å². The van der Waals surface area contributed by atoms with Crippen molar-refractivity contribution in [3.8, 4) is 0 Å². The summed E-state index contributed by atoms with van der Waals surface area (Å²) < 4.78 is 6.13. The summed E-state index contributed by atoms with van der Waals surface area (Å²) in [5, 5.41) is 0. The van der Waals surface area contributed by atoms with Crippen LogP contribution in [0, 0.1) is 0 Å². The maximum Gasteiger partial charge on any atom is 0.338 e. The van der Waals surface area contributed by atoms with E-state index in [2.05, 4.69) is 21.1 Å². The second-order valence-corrected chi connectivity index (χ2v) is 7.10. The quantitative estimate of drug-likeness (QED) is 0.244. The topological polar surface area (TPSA) is 43.4 Å². The van der Waals surface area contributed by atoms with Crippen LogP contribution in [-0.2, 0) is 11.2 Å². The third-order valence-corrected chi connectivity index (χ3v) is 3.95. The molecule has 2 rings (SSSR count). The highest BCUT2D eigenvalue weighted by molar-refractivity contribution is 5.96. The van der Waals surface area contributed by atoms with Crippen molar-refractivity contribution < 1.29 is 42.8 Å². The Morgan fingerprint density at radius 2 is 1.54 bits per heavy atom. The van der Waals surface area contributed by atoms with Crippen LogP contribution in [0.25, 0.3) is 0 Å².